The summed E-state index contributed by atoms with van der Waals surface area (Å²) in [4.78, 5) is 18.8. The summed E-state index contributed by atoms with van der Waals surface area (Å²) in [7, 11) is 2.55. The molecule has 0 N–H and O–H groups in total. The van der Waals surface area contributed by atoms with Gasteiger partial charge in [-0.15, -0.1) is 0 Å². The molecule has 4 rings (SSSR count). The molecule has 28 heavy (non-hydrogen) atoms. The lowest BCUT2D eigenvalue weighted by atomic mass is 9.73. The normalized spacial score (nSPS) is 17.8. The molecule has 1 aliphatic heterocycles. The molecule has 1 spiro atoms. The molecule has 0 radical (unpaired) electrons. The van der Waals surface area contributed by atoms with Crippen molar-refractivity contribution in [3.8, 4) is 11.5 Å². The highest BCUT2D eigenvalue weighted by molar-refractivity contribution is 6.29. The van der Waals surface area contributed by atoms with Gasteiger partial charge in [0.25, 0.3) is 0 Å². The molecule has 0 saturated heterocycles. The van der Waals surface area contributed by atoms with E-state index in [4.69, 9.17) is 21.1 Å². The SMILES string of the molecule is COc1cc(OC)c(F)c(N2Cc3cnc(Cl)cc3C3(CCCC3)C2=O)c1F. The second-order valence-corrected chi connectivity index (χ2v) is 7.49. The number of pyridine rings is 1. The van der Waals surface area contributed by atoms with Crippen molar-refractivity contribution in [3.63, 3.8) is 0 Å². The number of halogens is 3. The summed E-state index contributed by atoms with van der Waals surface area (Å²) >= 11 is 6.08. The van der Waals surface area contributed by atoms with Crippen molar-refractivity contribution in [3.05, 3.63) is 46.2 Å². The first kappa shape index (κ1) is 18.9. The fourth-order valence-corrected chi connectivity index (χ4v) is 4.56. The molecule has 1 amide bonds. The number of methoxy groups -OCH3 is 2. The van der Waals surface area contributed by atoms with Gasteiger partial charge in [0.05, 0.1) is 26.2 Å². The predicted molar refractivity (Wildman–Crippen MR) is 100 cm³/mol. The molecule has 1 aromatic carbocycles. The van der Waals surface area contributed by atoms with E-state index < -0.39 is 22.7 Å². The average Bonchev–Trinajstić information content (AvgIpc) is 3.17. The summed E-state index contributed by atoms with van der Waals surface area (Å²) < 4.78 is 40.2. The first-order valence-corrected chi connectivity index (χ1v) is 9.37. The molecule has 1 saturated carbocycles. The molecule has 148 valence electrons. The molecular formula is C20H19ClF2N2O3. The van der Waals surface area contributed by atoms with Crippen molar-refractivity contribution in [1.82, 2.24) is 4.98 Å². The zero-order chi connectivity index (χ0) is 20.1. The highest BCUT2D eigenvalue weighted by Gasteiger charge is 2.50. The van der Waals surface area contributed by atoms with Gasteiger partial charge in [-0.2, -0.15) is 0 Å². The maximum atomic E-state index is 15.1. The highest BCUT2D eigenvalue weighted by atomic mass is 35.5. The van der Waals surface area contributed by atoms with E-state index in [2.05, 4.69) is 4.98 Å². The maximum absolute atomic E-state index is 15.1. The van der Waals surface area contributed by atoms with Crippen LogP contribution in [-0.2, 0) is 16.8 Å². The number of ether oxygens (including phenoxy) is 2. The lowest BCUT2D eigenvalue weighted by Crippen LogP contribution is -2.50. The standard InChI is InChI=1S/C20H19ClF2N2O3/c1-27-13-8-14(28-2)17(23)18(16(13)22)25-10-11-9-24-15(21)7-12(11)20(19(25)26)5-3-4-6-20/h7-9H,3-6,10H2,1-2H3. The third kappa shape index (κ3) is 2.64. The van der Waals surface area contributed by atoms with Crippen LogP contribution in [0.25, 0.3) is 0 Å². The molecule has 2 aromatic rings. The van der Waals surface area contributed by atoms with Crippen LogP contribution in [0.4, 0.5) is 14.5 Å². The van der Waals surface area contributed by atoms with E-state index in [0.717, 1.165) is 34.9 Å². The monoisotopic (exact) mass is 408 g/mol. The number of nitrogens with zero attached hydrogens (tertiary/aromatic N) is 2. The van der Waals surface area contributed by atoms with Crippen molar-refractivity contribution in [2.24, 2.45) is 0 Å². The van der Waals surface area contributed by atoms with Crippen LogP contribution in [0.15, 0.2) is 18.3 Å². The Hall–Kier alpha value is -2.41. The number of fused-ring (bicyclic) bond motifs is 2. The smallest absolute Gasteiger partial charge is 0.238 e. The summed E-state index contributed by atoms with van der Waals surface area (Å²) in [5, 5.41) is 0.298. The first-order valence-electron chi connectivity index (χ1n) is 9.00. The molecule has 8 heteroatoms. The number of anilines is 1. The Morgan fingerprint density at radius 2 is 1.71 bits per heavy atom. The molecule has 1 aromatic heterocycles. The quantitative estimate of drug-likeness (QED) is 0.707. The maximum Gasteiger partial charge on any atom is 0.238 e. The summed E-state index contributed by atoms with van der Waals surface area (Å²) in [6, 6.07) is 2.83. The summed E-state index contributed by atoms with van der Waals surface area (Å²) in [6.45, 7) is -0.00968. The van der Waals surface area contributed by atoms with Crippen LogP contribution in [0.5, 0.6) is 11.5 Å². The fraction of sp³-hybridized carbons (Fsp3) is 0.400. The van der Waals surface area contributed by atoms with Crippen LogP contribution in [0.3, 0.4) is 0 Å². The summed E-state index contributed by atoms with van der Waals surface area (Å²) in [5.74, 6) is -2.60. The van der Waals surface area contributed by atoms with E-state index >= 15 is 8.78 Å². The van der Waals surface area contributed by atoms with Gasteiger partial charge < -0.3 is 14.4 Å². The molecule has 1 fully saturated rings. The van der Waals surface area contributed by atoms with Gasteiger partial charge in [-0.25, -0.2) is 13.8 Å². The van der Waals surface area contributed by atoms with Gasteiger partial charge in [-0.3, -0.25) is 4.79 Å². The minimum absolute atomic E-state index is 0.00968. The largest absolute Gasteiger partial charge is 0.493 e. The second kappa shape index (κ2) is 6.88. The molecule has 2 aliphatic rings. The number of benzene rings is 1. The Bertz CT molecular complexity index is 933. The van der Waals surface area contributed by atoms with Gasteiger partial charge in [0.1, 0.15) is 10.8 Å². The van der Waals surface area contributed by atoms with Gasteiger partial charge in [0, 0.05) is 12.3 Å². The molecule has 0 bridgehead atoms. The minimum Gasteiger partial charge on any atom is -0.493 e. The number of amides is 1. The van der Waals surface area contributed by atoms with Crippen LogP contribution in [0, 0.1) is 11.6 Å². The third-order valence-electron chi connectivity index (χ3n) is 5.73. The third-order valence-corrected chi connectivity index (χ3v) is 5.94. The van der Waals surface area contributed by atoms with Crippen molar-refractivity contribution in [2.45, 2.75) is 37.6 Å². The lowest BCUT2D eigenvalue weighted by molar-refractivity contribution is -0.124. The van der Waals surface area contributed by atoms with Crippen molar-refractivity contribution in [1.29, 1.82) is 0 Å². The van der Waals surface area contributed by atoms with Gasteiger partial charge in [0.15, 0.2) is 23.1 Å². The number of carbonyl (C=O) groups excluding carboxylic acids is 1. The number of hydrogen-bond donors (Lipinski definition) is 0. The topological polar surface area (TPSA) is 51.7 Å². The second-order valence-electron chi connectivity index (χ2n) is 7.10. The Morgan fingerprint density at radius 3 is 2.29 bits per heavy atom. The number of hydrogen-bond acceptors (Lipinski definition) is 4. The van der Waals surface area contributed by atoms with Crippen LogP contribution in [-0.4, -0.2) is 25.1 Å². The fourth-order valence-electron chi connectivity index (χ4n) is 4.40. The van der Waals surface area contributed by atoms with Gasteiger partial charge in [-0.05, 0) is 30.0 Å². The van der Waals surface area contributed by atoms with Crippen LogP contribution in [0.2, 0.25) is 5.15 Å². The Balaban J connectivity index is 1.93. The highest BCUT2D eigenvalue weighted by Crippen LogP contribution is 2.49. The van der Waals surface area contributed by atoms with Crippen molar-refractivity contribution in [2.75, 3.05) is 19.1 Å². The molecule has 0 unspecified atom stereocenters. The predicted octanol–water partition coefficient (Wildman–Crippen LogP) is 4.39. The van der Waals surface area contributed by atoms with Crippen LogP contribution >= 0.6 is 11.6 Å². The first-order chi connectivity index (χ1) is 13.4. The van der Waals surface area contributed by atoms with E-state index in [0.29, 0.717) is 18.0 Å². The Kier molecular flexibility index (Phi) is 4.65. The van der Waals surface area contributed by atoms with Gasteiger partial charge >= 0.3 is 0 Å². The minimum atomic E-state index is -0.937. The van der Waals surface area contributed by atoms with E-state index in [-0.39, 0.29) is 24.0 Å². The van der Waals surface area contributed by atoms with E-state index in [1.54, 1.807) is 12.3 Å². The summed E-state index contributed by atoms with van der Waals surface area (Å²) in [5.41, 5.74) is 0.219. The number of carbonyl (C=O) groups is 1. The van der Waals surface area contributed by atoms with Crippen molar-refractivity contribution < 1.29 is 23.0 Å². The van der Waals surface area contributed by atoms with E-state index in [9.17, 15) is 4.79 Å². The van der Waals surface area contributed by atoms with Crippen molar-refractivity contribution >= 4 is 23.2 Å². The van der Waals surface area contributed by atoms with Crippen LogP contribution in [0.1, 0.15) is 36.8 Å². The molecule has 0 atom stereocenters. The zero-order valence-electron chi connectivity index (χ0n) is 15.5. The molecular weight excluding hydrogens is 390 g/mol. The van der Waals surface area contributed by atoms with E-state index in [1.807, 2.05) is 0 Å². The molecule has 2 heterocycles. The van der Waals surface area contributed by atoms with Crippen LogP contribution < -0.4 is 14.4 Å². The van der Waals surface area contributed by atoms with E-state index in [1.165, 1.54) is 14.2 Å². The number of rotatable bonds is 3. The molecule has 1 aliphatic carbocycles. The average molecular weight is 409 g/mol. The lowest BCUT2D eigenvalue weighted by Gasteiger charge is -2.41. The molecule has 5 nitrogen and oxygen atoms in total. The van der Waals surface area contributed by atoms with Gasteiger partial charge in [-0.1, -0.05) is 24.4 Å². The Morgan fingerprint density at radius 1 is 1.11 bits per heavy atom. The zero-order valence-corrected chi connectivity index (χ0v) is 16.3. The van der Waals surface area contributed by atoms with Gasteiger partial charge in [0.2, 0.25) is 5.91 Å². The number of aromatic nitrogens is 1. The Labute approximate surface area is 166 Å². The summed E-state index contributed by atoms with van der Waals surface area (Å²) in [6.07, 6.45) is 4.47.